The smallest absolute Gasteiger partial charge is 0.259 e. The summed E-state index contributed by atoms with van der Waals surface area (Å²) in [6, 6.07) is 8.55. The number of nitrogens with zero attached hydrogens (tertiary/aromatic N) is 2. The molecule has 0 saturated carbocycles. The van der Waals surface area contributed by atoms with Crippen molar-refractivity contribution in [3.63, 3.8) is 0 Å². The molecule has 0 unspecified atom stereocenters. The first-order chi connectivity index (χ1) is 11.7. The van der Waals surface area contributed by atoms with Crippen LogP contribution in [-0.2, 0) is 4.79 Å². The molecule has 8 nitrogen and oxygen atoms in total. The molecule has 0 radical (unpaired) electrons. The van der Waals surface area contributed by atoms with Gasteiger partial charge in [0.15, 0.2) is 11.5 Å². The van der Waals surface area contributed by atoms with Crippen LogP contribution in [0.15, 0.2) is 47.8 Å². The van der Waals surface area contributed by atoms with E-state index in [0.717, 1.165) is 5.56 Å². The van der Waals surface area contributed by atoms with Gasteiger partial charge in [0.25, 0.3) is 11.8 Å². The van der Waals surface area contributed by atoms with Crippen molar-refractivity contribution in [2.75, 3.05) is 13.3 Å². The molecule has 1 aliphatic rings. The molecule has 1 aromatic carbocycles. The van der Waals surface area contributed by atoms with Crippen molar-refractivity contribution >= 4 is 18.0 Å². The number of carbonyl (C=O) groups excluding carboxylic acids is 2. The zero-order valence-corrected chi connectivity index (χ0v) is 12.6. The van der Waals surface area contributed by atoms with Crippen LogP contribution < -0.4 is 20.2 Å². The first kappa shape index (κ1) is 15.5. The fourth-order valence-corrected chi connectivity index (χ4v) is 1.97. The predicted molar refractivity (Wildman–Crippen MR) is 84.9 cm³/mol. The summed E-state index contributed by atoms with van der Waals surface area (Å²) in [5.74, 6) is 0.491. The molecule has 0 fully saturated rings. The topological polar surface area (TPSA) is 102 Å². The van der Waals surface area contributed by atoms with Crippen molar-refractivity contribution < 1.29 is 19.1 Å². The Hall–Kier alpha value is -3.42. The fourth-order valence-electron chi connectivity index (χ4n) is 1.97. The molecule has 1 aromatic heterocycles. The second-order valence-corrected chi connectivity index (χ2v) is 4.83. The number of nitrogens with one attached hydrogen (secondary N) is 2. The van der Waals surface area contributed by atoms with Crippen molar-refractivity contribution in [1.82, 2.24) is 15.7 Å². The molecular formula is C16H14N4O4. The van der Waals surface area contributed by atoms with E-state index in [9.17, 15) is 9.59 Å². The Bertz CT molecular complexity index is 777. The number of benzene rings is 1. The molecule has 0 saturated heterocycles. The molecule has 0 aliphatic carbocycles. The highest BCUT2D eigenvalue weighted by molar-refractivity contribution is 5.96. The summed E-state index contributed by atoms with van der Waals surface area (Å²) in [5, 5.41) is 6.31. The third-order valence-corrected chi connectivity index (χ3v) is 3.13. The monoisotopic (exact) mass is 326 g/mol. The van der Waals surface area contributed by atoms with E-state index in [0.29, 0.717) is 17.1 Å². The van der Waals surface area contributed by atoms with E-state index in [4.69, 9.17) is 9.47 Å². The predicted octanol–water partition coefficient (Wildman–Crippen LogP) is 0.690. The van der Waals surface area contributed by atoms with Crippen LogP contribution in [0.5, 0.6) is 11.5 Å². The van der Waals surface area contributed by atoms with E-state index in [2.05, 4.69) is 20.8 Å². The molecule has 0 atom stereocenters. The zero-order valence-electron chi connectivity index (χ0n) is 12.6. The second-order valence-electron chi connectivity index (χ2n) is 4.83. The van der Waals surface area contributed by atoms with Crippen molar-refractivity contribution in [2.45, 2.75) is 0 Å². The minimum absolute atomic E-state index is 0.188. The molecule has 2 N–H and O–H groups in total. The van der Waals surface area contributed by atoms with Crippen LogP contribution in [-0.4, -0.2) is 36.4 Å². The van der Waals surface area contributed by atoms with Gasteiger partial charge >= 0.3 is 0 Å². The normalized spacial score (nSPS) is 12.2. The largest absolute Gasteiger partial charge is 0.454 e. The van der Waals surface area contributed by atoms with Crippen molar-refractivity contribution in [3.8, 4) is 11.5 Å². The Morgan fingerprint density at radius 3 is 2.96 bits per heavy atom. The minimum Gasteiger partial charge on any atom is -0.454 e. The third-order valence-electron chi connectivity index (χ3n) is 3.13. The van der Waals surface area contributed by atoms with E-state index < -0.39 is 5.91 Å². The summed E-state index contributed by atoms with van der Waals surface area (Å²) < 4.78 is 10.5. The molecule has 2 aromatic rings. The van der Waals surface area contributed by atoms with Crippen LogP contribution in [0.1, 0.15) is 15.9 Å². The number of hydrogen-bond donors (Lipinski definition) is 2. The van der Waals surface area contributed by atoms with E-state index in [1.54, 1.807) is 36.5 Å². The van der Waals surface area contributed by atoms with Crippen LogP contribution in [0.25, 0.3) is 0 Å². The molecular weight excluding hydrogens is 312 g/mol. The van der Waals surface area contributed by atoms with Gasteiger partial charge in [0, 0.05) is 12.4 Å². The SMILES string of the molecule is O=C(CNC(=O)c1cccnc1)NN=Cc1ccc2c(c1)OCO2. The molecule has 2 amide bonds. The Balaban J connectivity index is 1.46. The average Bonchev–Trinajstić information content (AvgIpc) is 3.08. The number of hydrogen-bond acceptors (Lipinski definition) is 6. The Morgan fingerprint density at radius 2 is 2.12 bits per heavy atom. The van der Waals surface area contributed by atoms with Crippen LogP contribution in [0.4, 0.5) is 0 Å². The molecule has 1 aliphatic heterocycles. The number of rotatable bonds is 5. The molecule has 122 valence electrons. The lowest BCUT2D eigenvalue weighted by Crippen LogP contribution is -2.34. The highest BCUT2D eigenvalue weighted by Gasteiger charge is 2.12. The van der Waals surface area contributed by atoms with Crippen LogP contribution in [0.2, 0.25) is 0 Å². The molecule has 0 spiro atoms. The Labute approximate surface area is 137 Å². The number of hydrazone groups is 1. The van der Waals surface area contributed by atoms with Gasteiger partial charge in [0.1, 0.15) is 0 Å². The van der Waals surface area contributed by atoms with Gasteiger partial charge < -0.3 is 14.8 Å². The van der Waals surface area contributed by atoms with Crippen LogP contribution >= 0.6 is 0 Å². The van der Waals surface area contributed by atoms with Gasteiger partial charge in [-0.05, 0) is 35.9 Å². The third kappa shape index (κ3) is 3.86. The van der Waals surface area contributed by atoms with Gasteiger partial charge in [0.05, 0.1) is 18.3 Å². The number of fused-ring (bicyclic) bond motifs is 1. The molecule has 8 heteroatoms. The molecule has 2 heterocycles. The Kier molecular flexibility index (Phi) is 4.66. The lowest BCUT2D eigenvalue weighted by Gasteiger charge is -2.03. The number of amides is 2. The number of ether oxygens (including phenoxy) is 2. The second kappa shape index (κ2) is 7.23. The minimum atomic E-state index is -0.441. The summed E-state index contributed by atoms with van der Waals surface area (Å²) >= 11 is 0. The number of carbonyl (C=O) groups is 2. The summed E-state index contributed by atoms with van der Waals surface area (Å²) in [6.07, 6.45) is 4.46. The van der Waals surface area contributed by atoms with Gasteiger partial charge in [-0.1, -0.05) is 0 Å². The summed E-state index contributed by atoms with van der Waals surface area (Å²) in [4.78, 5) is 27.3. The highest BCUT2D eigenvalue weighted by Crippen LogP contribution is 2.31. The van der Waals surface area contributed by atoms with E-state index in [1.165, 1.54) is 12.4 Å². The van der Waals surface area contributed by atoms with Gasteiger partial charge in [0.2, 0.25) is 6.79 Å². The summed E-state index contributed by atoms with van der Waals surface area (Å²) in [5.41, 5.74) is 3.47. The summed E-state index contributed by atoms with van der Waals surface area (Å²) in [6.45, 7) is 0.00943. The lowest BCUT2D eigenvalue weighted by atomic mass is 10.2. The van der Waals surface area contributed by atoms with Gasteiger partial charge in [-0.25, -0.2) is 5.43 Å². The van der Waals surface area contributed by atoms with Crippen molar-refractivity contribution in [1.29, 1.82) is 0 Å². The van der Waals surface area contributed by atoms with Crippen LogP contribution in [0.3, 0.4) is 0 Å². The zero-order chi connectivity index (χ0) is 16.8. The lowest BCUT2D eigenvalue weighted by molar-refractivity contribution is -0.120. The maximum atomic E-state index is 11.8. The fraction of sp³-hybridized carbons (Fsp3) is 0.125. The first-order valence-corrected chi connectivity index (χ1v) is 7.12. The first-order valence-electron chi connectivity index (χ1n) is 7.12. The molecule has 24 heavy (non-hydrogen) atoms. The van der Waals surface area contributed by atoms with Gasteiger partial charge in [-0.3, -0.25) is 14.6 Å². The van der Waals surface area contributed by atoms with E-state index in [1.807, 2.05) is 0 Å². The van der Waals surface area contributed by atoms with Crippen LogP contribution in [0, 0.1) is 0 Å². The van der Waals surface area contributed by atoms with Crippen molar-refractivity contribution in [2.24, 2.45) is 5.10 Å². The maximum Gasteiger partial charge on any atom is 0.259 e. The maximum absolute atomic E-state index is 11.8. The van der Waals surface area contributed by atoms with Gasteiger partial charge in [-0.15, -0.1) is 0 Å². The highest BCUT2D eigenvalue weighted by atomic mass is 16.7. The van der Waals surface area contributed by atoms with Crippen molar-refractivity contribution in [3.05, 3.63) is 53.9 Å². The quantitative estimate of drug-likeness (QED) is 0.622. The summed E-state index contributed by atoms with van der Waals surface area (Å²) in [7, 11) is 0. The number of aromatic nitrogens is 1. The Morgan fingerprint density at radius 1 is 1.25 bits per heavy atom. The van der Waals surface area contributed by atoms with E-state index in [-0.39, 0.29) is 19.2 Å². The number of pyridine rings is 1. The van der Waals surface area contributed by atoms with Gasteiger partial charge in [-0.2, -0.15) is 5.10 Å². The molecule has 3 rings (SSSR count). The standard InChI is InChI=1S/C16H14N4O4/c21-15(9-18-16(22)12-2-1-5-17-8-12)20-19-7-11-3-4-13-14(6-11)24-10-23-13/h1-8H,9-10H2,(H,18,22)(H,20,21). The molecule has 0 bridgehead atoms. The average molecular weight is 326 g/mol. The van der Waals surface area contributed by atoms with E-state index >= 15 is 0 Å².